The van der Waals surface area contributed by atoms with Crippen LogP contribution in [-0.2, 0) is 17.9 Å². The summed E-state index contributed by atoms with van der Waals surface area (Å²) >= 11 is 0. The molecule has 5 nitrogen and oxygen atoms in total. The Morgan fingerprint density at radius 3 is 2.93 bits per heavy atom. The van der Waals surface area contributed by atoms with Gasteiger partial charge in [-0.25, -0.2) is 0 Å². The highest BCUT2D eigenvalue weighted by molar-refractivity contribution is 5.72. The van der Waals surface area contributed by atoms with Crippen molar-refractivity contribution in [2.24, 2.45) is 0 Å². The topological polar surface area (TPSA) is 67.2 Å². The zero-order chi connectivity index (χ0) is 11.4. The fourth-order valence-corrected chi connectivity index (χ4v) is 1.36. The summed E-state index contributed by atoms with van der Waals surface area (Å²) in [6.45, 7) is 6.89. The summed E-state index contributed by atoms with van der Waals surface area (Å²) in [5.41, 5.74) is 1.97. The maximum atomic E-state index is 10.6. The average molecular weight is 211 g/mol. The molecule has 1 heterocycles. The number of carboxylic acid groups (broad SMARTS) is 1. The van der Waals surface area contributed by atoms with Gasteiger partial charge in [-0.3, -0.25) is 14.8 Å². The predicted molar refractivity (Wildman–Crippen MR) is 56.6 cm³/mol. The number of aromatic nitrogens is 2. The van der Waals surface area contributed by atoms with E-state index in [9.17, 15) is 4.79 Å². The molecule has 0 aliphatic rings. The van der Waals surface area contributed by atoms with Crippen LogP contribution in [0.25, 0.3) is 0 Å². The van der Waals surface area contributed by atoms with E-state index in [4.69, 9.17) is 5.11 Å². The molecule has 5 heteroatoms. The first-order valence-electron chi connectivity index (χ1n) is 5.04. The summed E-state index contributed by atoms with van der Waals surface area (Å²) in [5.74, 6) is -0.839. The van der Waals surface area contributed by atoms with Crippen LogP contribution in [-0.4, -0.2) is 26.9 Å². The Morgan fingerprint density at radius 1 is 1.73 bits per heavy atom. The molecule has 0 spiro atoms. The minimum atomic E-state index is -0.839. The first-order chi connectivity index (χ1) is 7.04. The number of carboxylic acids is 1. The quantitative estimate of drug-likeness (QED) is 0.755. The van der Waals surface area contributed by atoms with Gasteiger partial charge in [0.15, 0.2) is 0 Å². The standard InChI is InChI=1S/C10H17N3O2/c1-4-13-9(5-7(2)12-13)6-11-8(3)10(14)15/h5,8,11H,4,6H2,1-3H3,(H,14,15). The van der Waals surface area contributed by atoms with E-state index in [2.05, 4.69) is 10.4 Å². The zero-order valence-corrected chi connectivity index (χ0v) is 9.32. The van der Waals surface area contributed by atoms with Crippen molar-refractivity contribution in [1.29, 1.82) is 0 Å². The molecule has 0 radical (unpaired) electrons. The lowest BCUT2D eigenvalue weighted by Gasteiger charge is -2.09. The number of hydrogen-bond acceptors (Lipinski definition) is 3. The first kappa shape index (κ1) is 11.7. The molecule has 0 aliphatic carbocycles. The van der Waals surface area contributed by atoms with Gasteiger partial charge in [0, 0.05) is 13.1 Å². The lowest BCUT2D eigenvalue weighted by molar-refractivity contribution is -0.139. The summed E-state index contributed by atoms with van der Waals surface area (Å²) in [4.78, 5) is 10.6. The Balaban J connectivity index is 2.60. The van der Waals surface area contributed by atoms with E-state index in [0.29, 0.717) is 6.54 Å². The molecule has 0 saturated carbocycles. The number of carbonyl (C=O) groups is 1. The molecule has 15 heavy (non-hydrogen) atoms. The highest BCUT2D eigenvalue weighted by atomic mass is 16.4. The zero-order valence-electron chi connectivity index (χ0n) is 9.32. The van der Waals surface area contributed by atoms with Crippen LogP contribution in [0, 0.1) is 6.92 Å². The predicted octanol–water partition coefficient (Wildman–Crippen LogP) is 0.774. The Morgan fingerprint density at radius 2 is 2.40 bits per heavy atom. The van der Waals surface area contributed by atoms with Crippen LogP contribution < -0.4 is 5.32 Å². The van der Waals surface area contributed by atoms with E-state index in [1.807, 2.05) is 24.6 Å². The Kier molecular flexibility index (Phi) is 3.85. The van der Waals surface area contributed by atoms with Crippen molar-refractivity contribution in [1.82, 2.24) is 15.1 Å². The van der Waals surface area contributed by atoms with Crippen molar-refractivity contribution in [2.45, 2.75) is 39.9 Å². The molecule has 0 aromatic carbocycles. The van der Waals surface area contributed by atoms with Gasteiger partial charge in [0.2, 0.25) is 0 Å². The van der Waals surface area contributed by atoms with Crippen LogP contribution in [0.3, 0.4) is 0 Å². The van der Waals surface area contributed by atoms with E-state index in [1.54, 1.807) is 6.92 Å². The molecule has 2 N–H and O–H groups in total. The molecule has 1 aromatic heterocycles. The van der Waals surface area contributed by atoms with E-state index >= 15 is 0 Å². The van der Waals surface area contributed by atoms with Crippen LogP contribution in [0.4, 0.5) is 0 Å². The summed E-state index contributed by atoms with van der Waals surface area (Å²) < 4.78 is 1.87. The van der Waals surface area contributed by atoms with E-state index in [0.717, 1.165) is 17.9 Å². The maximum absolute atomic E-state index is 10.6. The van der Waals surface area contributed by atoms with Crippen LogP contribution in [0.1, 0.15) is 25.2 Å². The summed E-state index contributed by atoms with van der Waals surface area (Å²) in [5, 5.41) is 15.9. The van der Waals surface area contributed by atoms with Gasteiger partial charge in [0.1, 0.15) is 6.04 Å². The van der Waals surface area contributed by atoms with Gasteiger partial charge < -0.3 is 5.11 Å². The lowest BCUT2D eigenvalue weighted by atomic mass is 10.3. The van der Waals surface area contributed by atoms with Crippen molar-refractivity contribution in [3.63, 3.8) is 0 Å². The molecule has 0 bridgehead atoms. The van der Waals surface area contributed by atoms with Crippen molar-refractivity contribution in [2.75, 3.05) is 0 Å². The van der Waals surface area contributed by atoms with Crippen molar-refractivity contribution >= 4 is 5.97 Å². The second-order valence-electron chi connectivity index (χ2n) is 3.53. The number of nitrogens with zero attached hydrogens (tertiary/aromatic N) is 2. The maximum Gasteiger partial charge on any atom is 0.320 e. The summed E-state index contributed by atoms with van der Waals surface area (Å²) in [6.07, 6.45) is 0. The number of nitrogens with one attached hydrogen (secondary N) is 1. The van der Waals surface area contributed by atoms with E-state index in [-0.39, 0.29) is 0 Å². The van der Waals surface area contributed by atoms with Gasteiger partial charge in [0.25, 0.3) is 0 Å². The monoisotopic (exact) mass is 211 g/mol. The molecule has 1 atom stereocenters. The van der Waals surface area contributed by atoms with E-state index in [1.165, 1.54) is 0 Å². The lowest BCUT2D eigenvalue weighted by Crippen LogP contribution is -2.33. The molecule has 0 aliphatic heterocycles. The molecule has 1 aromatic rings. The molecule has 0 saturated heterocycles. The average Bonchev–Trinajstić information content (AvgIpc) is 2.55. The van der Waals surface area contributed by atoms with Gasteiger partial charge in [-0.05, 0) is 26.8 Å². The largest absolute Gasteiger partial charge is 0.480 e. The molecule has 1 unspecified atom stereocenters. The minimum Gasteiger partial charge on any atom is -0.480 e. The number of rotatable bonds is 5. The number of aliphatic carboxylic acids is 1. The van der Waals surface area contributed by atoms with Crippen LogP contribution in [0.15, 0.2) is 6.07 Å². The van der Waals surface area contributed by atoms with Gasteiger partial charge in [-0.2, -0.15) is 5.10 Å². The molecule has 0 amide bonds. The number of hydrogen-bond donors (Lipinski definition) is 2. The SMILES string of the molecule is CCn1nc(C)cc1CNC(C)C(=O)O. The Hall–Kier alpha value is -1.36. The number of aryl methyl sites for hydroxylation is 2. The van der Waals surface area contributed by atoms with Crippen LogP contribution in [0.5, 0.6) is 0 Å². The summed E-state index contributed by atoms with van der Waals surface area (Å²) in [6, 6.07) is 1.43. The third kappa shape index (κ3) is 3.06. The fourth-order valence-electron chi connectivity index (χ4n) is 1.36. The molecule has 84 valence electrons. The molecule has 1 rings (SSSR count). The fraction of sp³-hybridized carbons (Fsp3) is 0.600. The van der Waals surface area contributed by atoms with Crippen molar-refractivity contribution < 1.29 is 9.90 Å². The van der Waals surface area contributed by atoms with Gasteiger partial charge in [-0.1, -0.05) is 0 Å². The second-order valence-corrected chi connectivity index (χ2v) is 3.53. The molecule has 0 fully saturated rings. The molecular weight excluding hydrogens is 194 g/mol. The smallest absolute Gasteiger partial charge is 0.320 e. The Bertz CT molecular complexity index is 346. The van der Waals surface area contributed by atoms with Crippen molar-refractivity contribution in [3.8, 4) is 0 Å². The van der Waals surface area contributed by atoms with E-state index < -0.39 is 12.0 Å². The summed E-state index contributed by atoms with van der Waals surface area (Å²) in [7, 11) is 0. The van der Waals surface area contributed by atoms with Crippen molar-refractivity contribution in [3.05, 3.63) is 17.5 Å². The highest BCUT2D eigenvalue weighted by Gasteiger charge is 2.11. The van der Waals surface area contributed by atoms with Gasteiger partial charge >= 0.3 is 5.97 Å². The normalized spacial score (nSPS) is 12.7. The van der Waals surface area contributed by atoms with Crippen LogP contribution in [0.2, 0.25) is 0 Å². The first-order valence-corrected chi connectivity index (χ1v) is 5.04. The van der Waals surface area contributed by atoms with Gasteiger partial charge in [0.05, 0.1) is 11.4 Å². The van der Waals surface area contributed by atoms with Gasteiger partial charge in [-0.15, -0.1) is 0 Å². The third-order valence-corrected chi connectivity index (χ3v) is 2.24. The second kappa shape index (κ2) is 4.93. The third-order valence-electron chi connectivity index (χ3n) is 2.24. The minimum absolute atomic E-state index is 0.530. The van der Waals surface area contributed by atoms with Crippen LogP contribution >= 0.6 is 0 Å². The Labute approximate surface area is 89.1 Å². The molecular formula is C10H17N3O2. The highest BCUT2D eigenvalue weighted by Crippen LogP contribution is 2.03.